The zero-order valence-electron chi connectivity index (χ0n) is 33.1. The second kappa shape index (κ2) is 17.9. The van der Waals surface area contributed by atoms with Gasteiger partial charge in [-0.05, 0) is 103 Å². The predicted octanol–water partition coefficient (Wildman–Crippen LogP) is 9.43. The maximum Gasteiger partial charge on any atom is 0.273 e. The van der Waals surface area contributed by atoms with Crippen LogP contribution in [0.1, 0.15) is 63.4 Å². The number of aromatic nitrogens is 2. The number of hydrogen-bond acceptors (Lipinski definition) is 6. The molecule has 4 heterocycles. The lowest BCUT2D eigenvalue weighted by molar-refractivity contribution is -0.120. The lowest BCUT2D eigenvalue weighted by atomic mass is 10.0. The zero-order chi connectivity index (χ0) is 41.6. The van der Waals surface area contributed by atoms with Gasteiger partial charge in [0.25, 0.3) is 11.8 Å². The topological polar surface area (TPSA) is 125 Å². The van der Waals surface area contributed by atoms with Crippen LogP contribution >= 0.6 is 11.6 Å². The molecule has 2 aliphatic heterocycles. The first-order valence-corrected chi connectivity index (χ1v) is 20.4. The monoisotopic (exact) mass is 814 g/mol. The number of likely N-dealkylation sites (tertiary alicyclic amines) is 2. The van der Waals surface area contributed by atoms with E-state index >= 15 is 0 Å². The second-order valence-corrected chi connectivity index (χ2v) is 15.5. The normalized spacial score (nSPS) is 16.2. The molecule has 2 aromatic heterocycles. The molecule has 4 aromatic carbocycles. The van der Waals surface area contributed by atoms with E-state index in [9.17, 15) is 19.2 Å². The average molecular weight is 815 g/mol. The smallest absolute Gasteiger partial charge is 0.273 e. The first kappa shape index (κ1) is 39.9. The molecule has 8 rings (SSSR count). The van der Waals surface area contributed by atoms with Crippen molar-refractivity contribution in [3.05, 3.63) is 167 Å². The number of rotatable bonds is 10. The molecule has 6 aromatic rings. The minimum atomic E-state index is -0.617. The lowest BCUT2D eigenvalue weighted by Gasteiger charge is -2.24. The van der Waals surface area contributed by atoms with Crippen LogP contribution in [0, 0.1) is 6.92 Å². The van der Waals surface area contributed by atoms with Crippen molar-refractivity contribution in [3.63, 3.8) is 0 Å². The summed E-state index contributed by atoms with van der Waals surface area (Å²) >= 11 is 6.09. The summed E-state index contributed by atoms with van der Waals surface area (Å²) in [6.45, 7) is 2.97. The van der Waals surface area contributed by atoms with Crippen LogP contribution in [0.3, 0.4) is 0 Å². The molecule has 2 aliphatic rings. The summed E-state index contributed by atoms with van der Waals surface area (Å²) in [6.07, 6.45) is 9.71. The fourth-order valence-corrected chi connectivity index (χ4v) is 7.94. The van der Waals surface area contributed by atoms with Gasteiger partial charge < -0.3 is 20.4 Å². The maximum absolute atomic E-state index is 13.8. The van der Waals surface area contributed by atoms with Gasteiger partial charge in [0.1, 0.15) is 23.5 Å². The van der Waals surface area contributed by atoms with Gasteiger partial charge in [0.15, 0.2) is 0 Å². The summed E-state index contributed by atoms with van der Waals surface area (Å²) in [5.41, 5.74) is 8.05. The number of carbonyl (C=O) groups is 4. The van der Waals surface area contributed by atoms with Gasteiger partial charge in [0.2, 0.25) is 11.8 Å². The molecule has 0 bridgehead atoms. The molecule has 4 amide bonds. The number of nitrogens with one attached hydrogen (secondary N) is 2. The van der Waals surface area contributed by atoms with Crippen LogP contribution in [0.2, 0.25) is 5.02 Å². The number of aryl methyl sites for hydroxylation is 1. The van der Waals surface area contributed by atoms with Crippen LogP contribution in [0.4, 0.5) is 11.4 Å². The van der Waals surface area contributed by atoms with Crippen molar-refractivity contribution in [3.8, 4) is 22.3 Å². The molecule has 11 heteroatoms. The fourth-order valence-electron chi connectivity index (χ4n) is 7.82. The van der Waals surface area contributed by atoms with E-state index in [1.807, 2.05) is 122 Å². The van der Waals surface area contributed by atoms with E-state index < -0.39 is 12.1 Å². The minimum absolute atomic E-state index is 0.229. The van der Waals surface area contributed by atoms with Crippen LogP contribution < -0.4 is 10.6 Å². The second-order valence-electron chi connectivity index (χ2n) is 15.0. The van der Waals surface area contributed by atoms with Gasteiger partial charge in [-0.3, -0.25) is 29.1 Å². The Kier molecular flexibility index (Phi) is 11.9. The van der Waals surface area contributed by atoms with Crippen LogP contribution in [-0.4, -0.2) is 68.6 Å². The van der Waals surface area contributed by atoms with Crippen LogP contribution in [0.25, 0.3) is 34.4 Å². The van der Waals surface area contributed by atoms with Gasteiger partial charge in [-0.2, -0.15) is 0 Å². The van der Waals surface area contributed by atoms with Gasteiger partial charge in [0, 0.05) is 53.0 Å². The summed E-state index contributed by atoms with van der Waals surface area (Å²) < 4.78 is 0. The van der Waals surface area contributed by atoms with Gasteiger partial charge in [0.05, 0.1) is 0 Å². The summed E-state index contributed by atoms with van der Waals surface area (Å²) in [5.74, 6) is -1.01. The number of pyridine rings is 2. The van der Waals surface area contributed by atoms with Crippen molar-refractivity contribution >= 4 is 58.8 Å². The molecule has 2 fully saturated rings. The van der Waals surface area contributed by atoms with E-state index in [0.29, 0.717) is 65.7 Å². The molecule has 0 unspecified atom stereocenters. The van der Waals surface area contributed by atoms with Gasteiger partial charge in [-0.25, -0.2) is 0 Å². The minimum Gasteiger partial charge on any atom is -0.325 e. The third-order valence-corrected chi connectivity index (χ3v) is 11.2. The molecule has 0 aliphatic carbocycles. The van der Waals surface area contributed by atoms with Crippen LogP contribution in [0.15, 0.2) is 134 Å². The highest BCUT2D eigenvalue weighted by Gasteiger charge is 2.37. The Balaban J connectivity index is 0.856. The third-order valence-electron chi connectivity index (χ3n) is 11.0. The van der Waals surface area contributed by atoms with E-state index in [2.05, 4.69) is 20.6 Å². The molecular weight excluding hydrogens is 772 g/mol. The number of amides is 4. The third kappa shape index (κ3) is 8.89. The van der Waals surface area contributed by atoms with Gasteiger partial charge >= 0.3 is 0 Å². The van der Waals surface area contributed by atoms with Crippen molar-refractivity contribution in [2.24, 2.45) is 0 Å². The van der Waals surface area contributed by atoms with Crippen molar-refractivity contribution in [2.75, 3.05) is 23.7 Å². The van der Waals surface area contributed by atoms with E-state index in [0.717, 1.165) is 39.8 Å². The van der Waals surface area contributed by atoms with E-state index in [1.54, 1.807) is 40.4 Å². The number of nitrogens with zero attached hydrogens (tertiary/aromatic N) is 4. The molecule has 2 saturated heterocycles. The number of anilines is 2. The molecule has 2 atom stereocenters. The lowest BCUT2D eigenvalue weighted by Crippen LogP contribution is -2.43. The first-order chi connectivity index (χ1) is 29.2. The molecule has 2 N–H and O–H groups in total. The number of hydrogen-bond donors (Lipinski definition) is 2. The van der Waals surface area contributed by atoms with Crippen molar-refractivity contribution < 1.29 is 19.2 Å². The number of benzene rings is 4. The summed E-state index contributed by atoms with van der Waals surface area (Å²) in [4.78, 5) is 66.7. The Morgan fingerprint density at radius 1 is 0.583 bits per heavy atom. The van der Waals surface area contributed by atoms with Crippen LogP contribution in [-0.2, 0) is 9.59 Å². The molecule has 10 nitrogen and oxygen atoms in total. The highest BCUT2D eigenvalue weighted by Crippen LogP contribution is 2.30. The Morgan fingerprint density at radius 2 is 1.00 bits per heavy atom. The summed E-state index contributed by atoms with van der Waals surface area (Å²) in [6, 6.07) is 36.4. The van der Waals surface area contributed by atoms with Gasteiger partial charge in [-0.1, -0.05) is 102 Å². The Morgan fingerprint density at radius 3 is 1.43 bits per heavy atom. The molecular formula is C49H43ClN6O4. The fraction of sp³-hybridized carbons (Fsp3) is 0.184. The highest BCUT2D eigenvalue weighted by atomic mass is 35.5. The molecule has 0 spiro atoms. The predicted molar refractivity (Wildman–Crippen MR) is 236 cm³/mol. The highest BCUT2D eigenvalue weighted by molar-refractivity contribution is 6.30. The van der Waals surface area contributed by atoms with Crippen molar-refractivity contribution in [2.45, 2.75) is 44.7 Å². The largest absolute Gasteiger partial charge is 0.325 e. The average Bonchev–Trinajstić information content (AvgIpc) is 3.99. The molecule has 300 valence electrons. The van der Waals surface area contributed by atoms with Gasteiger partial charge in [-0.15, -0.1) is 0 Å². The Labute approximate surface area is 353 Å². The summed E-state index contributed by atoms with van der Waals surface area (Å²) in [7, 11) is 0. The Hall–Kier alpha value is -6.91. The Bertz CT molecular complexity index is 2380. The number of halogens is 1. The summed E-state index contributed by atoms with van der Waals surface area (Å²) in [5, 5.41) is 6.60. The van der Waals surface area contributed by atoms with Crippen LogP contribution in [0.5, 0.6) is 0 Å². The first-order valence-electron chi connectivity index (χ1n) is 20.1. The van der Waals surface area contributed by atoms with E-state index in [-0.39, 0.29) is 23.6 Å². The van der Waals surface area contributed by atoms with E-state index in [1.165, 1.54) is 0 Å². The molecule has 0 saturated carbocycles. The maximum atomic E-state index is 13.8. The molecule has 60 heavy (non-hydrogen) atoms. The SMILES string of the molecule is Cc1ccc(-c2cccnc2C(=O)N2CCC[C@H]2C(=O)Nc2ccc(/C=C/c3ccc(NC(=O)[C@@H]4CCCN4C(=O)c4ncccc4-c4ccc(Cl)cc4)cc3)cc2)cc1. The van der Waals surface area contributed by atoms with Crippen molar-refractivity contribution in [1.82, 2.24) is 19.8 Å². The number of carbonyl (C=O) groups excluding carboxylic acids is 4. The molecule has 0 radical (unpaired) electrons. The van der Waals surface area contributed by atoms with Crippen molar-refractivity contribution in [1.29, 1.82) is 0 Å². The standard InChI is InChI=1S/C49H43ClN6O4/c1-32-10-18-35(19-11-32)40-6-2-28-51-44(40)48(59)55-30-4-8-42(55)46(57)53-38-24-14-33(15-25-38)12-13-34-16-26-39(27-17-34)54-47(58)43-9-5-31-56(43)49(60)45-41(7-3-29-52-45)36-20-22-37(50)23-21-36/h2-3,6-7,10-29,42-43H,4-5,8-9,30-31H2,1H3,(H,53,57)(H,54,58)/b13-12+/t42-,43-/m0/s1. The van der Waals surface area contributed by atoms with E-state index in [4.69, 9.17) is 11.6 Å². The zero-order valence-corrected chi connectivity index (χ0v) is 33.8. The quantitative estimate of drug-likeness (QED) is 0.133.